The van der Waals surface area contributed by atoms with Crippen molar-refractivity contribution in [1.82, 2.24) is 0 Å². The molecular formula is C21H25BO4. The van der Waals surface area contributed by atoms with E-state index in [4.69, 9.17) is 25.2 Å². The lowest BCUT2D eigenvalue weighted by molar-refractivity contribution is -0.0936. The van der Waals surface area contributed by atoms with Crippen LogP contribution in [0.3, 0.4) is 0 Å². The lowest BCUT2D eigenvalue weighted by Crippen LogP contribution is -2.58. The van der Waals surface area contributed by atoms with Crippen molar-refractivity contribution >= 4 is 23.4 Å². The van der Waals surface area contributed by atoms with E-state index < -0.39 is 7.12 Å². The molecule has 0 saturated carbocycles. The molecule has 1 aliphatic heterocycles. The van der Waals surface area contributed by atoms with Crippen LogP contribution >= 0.6 is 0 Å². The van der Waals surface area contributed by atoms with Gasteiger partial charge in [-0.2, -0.15) is 0 Å². The highest BCUT2D eigenvalue weighted by Gasteiger charge is 2.47. The average molecular weight is 352 g/mol. The number of benzene rings is 2. The van der Waals surface area contributed by atoms with Crippen molar-refractivity contribution in [3.63, 3.8) is 0 Å². The van der Waals surface area contributed by atoms with Crippen molar-refractivity contribution in [2.75, 3.05) is 20.5 Å². The van der Waals surface area contributed by atoms with Gasteiger partial charge in [0.15, 0.2) is 6.79 Å². The summed E-state index contributed by atoms with van der Waals surface area (Å²) in [5, 5.41) is 1.94. The van der Waals surface area contributed by atoms with E-state index in [1.54, 1.807) is 7.11 Å². The molecule has 1 heterocycles. The Morgan fingerprint density at radius 2 is 2.00 bits per heavy atom. The number of rotatable bonds is 4. The van der Waals surface area contributed by atoms with Gasteiger partial charge in [-0.15, -0.1) is 6.42 Å². The van der Waals surface area contributed by atoms with Gasteiger partial charge >= 0.3 is 7.12 Å². The minimum atomic E-state index is -0.513. The van der Waals surface area contributed by atoms with Crippen LogP contribution in [0.15, 0.2) is 30.3 Å². The molecule has 3 rings (SSSR count). The summed E-state index contributed by atoms with van der Waals surface area (Å²) >= 11 is 0. The molecule has 2 aromatic carbocycles. The molecule has 0 amide bonds. The molecule has 5 heteroatoms. The summed E-state index contributed by atoms with van der Waals surface area (Å²) in [7, 11) is 1.08. The van der Waals surface area contributed by atoms with E-state index in [2.05, 4.69) is 33.6 Å². The van der Waals surface area contributed by atoms with E-state index in [1.807, 2.05) is 30.3 Å². The van der Waals surface area contributed by atoms with Crippen LogP contribution in [0.25, 0.3) is 10.8 Å². The van der Waals surface area contributed by atoms with Gasteiger partial charge in [0.2, 0.25) is 0 Å². The van der Waals surface area contributed by atoms with Crippen LogP contribution < -0.4 is 10.2 Å². The van der Waals surface area contributed by atoms with Gasteiger partial charge in [0.25, 0.3) is 0 Å². The minimum absolute atomic E-state index is 0.0988. The first-order chi connectivity index (χ1) is 12.3. The summed E-state index contributed by atoms with van der Waals surface area (Å²) in [6.07, 6.45) is 5.75. The second-order valence-corrected chi connectivity index (χ2v) is 7.77. The fraction of sp³-hybridized carbons (Fsp3) is 0.429. The SMILES string of the molecule is C#Cc1cccc2cc(OCOC)cc(B3OCC(C)(C)C(C)(C)O3)c12. The van der Waals surface area contributed by atoms with Gasteiger partial charge in [-0.25, -0.2) is 0 Å². The minimum Gasteiger partial charge on any atom is -0.468 e. The van der Waals surface area contributed by atoms with Gasteiger partial charge in [0.1, 0.15) is 5.75 Å². The highest BCUT2D eigenvalue weighted by atomic mass is 16.7. The zero-order valence-corrected chi connectivity index (χ0v) is 16.1. The average Bonchev–Trinajstić information content (AvgIpc) is 2.61. The first kappa shape index (κ1) is 18.8. The number of fused-ring (bicyclic) bond motifs is 1. The molecular weight excluding hydrogens is 327 g/mol. The Kier molecular flexibility index (Phi) is 5.03. The predicted molar refractivity (Wildman–Crippen MR) is 105 cm³/mol. The normalized spacial score (nSPS) is 18.5. The summed E-state index contributed by atoms with van der Waals surface area (Å²) in [4.78, 5) is 0. The third kappa shape index (κ3) is 3.33. The molecule has 0 unspecified atom stereocenters. The summed E-state index contributed by atoms with van der Waals surface area (Å²) in [6.45, 7) is 9.24. The van der Waals surface area contributed by atoms with E-state index in [1.165, 1.54) is 0 Å². The van der Waals surface area contributed by atoms with Gasteiger partial charge in [0, 0.05) is 24.7 Å². The Morgan fingerprint density at radius 1 is 1.23 bits per heavy atom. The largest absolute Gasteiger partial charge is 0.495 e. The predicted octanol–water partition coefficient (Wildman–Crippen LogP) is 3.35. The molecule has 1 aliphatic rings. The Hall–Kier alpha value is -2.00. The number of ether oxygens (including phenoxy) is 2. The highest BCUT2D eigenvalue weighted by Crippen LogP contribution is 2.38. The van der Waals surface area contributed by atoms with Crippen molar-refractivity contribution in [1.29, 1.82) is 0 Å². The first-order valence-corrected chi connectivity index (χ1v) is 8.73. The van der Waals surface area contributed by atoms with Crippen LogP contribution in [-0.2, 0) is 14.0 Å². The maximum Gasteiger partial charge on any atom is 0.495 e. The second kappa shape index (κ2) is 6.96. The quantitative estimate of drug-likeness (QED) is 0.480. The van der Waals surface area contributed by atoms with Crippen LogP contribution in [0, 0.1) is 17.8 Å². The van der Waals surface area contributed by atoms with Crippen molar-refractivity contribution < 1.29 is 18.8 Å². The Morgan fingerprint density at radius 3 is 2.65 bits per heavy atom. The van der Waals surface area contributed by atoms with E-state index in [0.29, 0.717) is 12.4 Å². The Labute approximate surface area is 155 Å². The molecule has 26 heavy (non-hydrogen) atoms. The van der Waals surface area contributed by atoms with Crippen LogP contribution in [0.4, 0.5) is 0 Å². The third-order valence-corrected chi connectivity index (χ3v) is 5.36. The molecule has 0 aliphatic carbocycles. The summed E-state index contributed by atoms with van der Waals surface area (Å²) in [5.74, 6) is 3.47. The molecule has 136 valence electrons. The van der Waals surface area contributed by atoms with Gasteiger partial charge < -0.3 is 18.8 Å². The summed E-state index contributed by atoms with van der Waals surface area (Å²) < 4.78 is 23.2. The van der Waals surface area contributed by atoms with E-state index in [-0.39, 0.29) is 17.8 Å². The van der Waals surface area contributed by atoms with Crippen molar-refractivity contribution in [2.24, 2.45) is 5.41 Å². The summed E-state index contributed by atoms with van der Waals surface area (Å²) in [5.41, 5.74) is 1.24. The van der Waals surface area contributed by atoms with Crippen molar-refractivity contribution in [3.05, 3.63) is 35.9 Å². The summed E-state index contributed by atoms with van der Waals surface area (Å²) in [6, 6.07) is 9.77. The molecule has 0 atom stereocenters. The van der Waals surface area contributed by atoms with Crippen LogP contribution in [0.2, 0.25) is 0 Å². The lowest BCUT2D eigenvalue weighted by atomic mass is 9.67. The van der Waals surface area contributed by atoms with Crippen molar-refractivity contribution in [2.45, 2.75) is 33.3 Å². The monoisotopic (exact) mass is 352 g/mol. The molecule has 2 aromatic rings. The second-order valence-electron chi connectivity index (χ2n) is 7.77. The van der Waals surface area contributed by atoms with E-state index in [0.717, 1.165) is 21.8 Å². The Bertz CT molecular complexity index is 851. The van der Waals surface area contributed by atoms with Crippen LogP contribution in [0.1, 0.15) is 33.3 Å². The topological polar surface area (TPSA) is 36.9 Å². The van der Waals surface area contributed by atoms with Gasteiger partial charge in [-0.1, -0.05) is 31.9 Å². The van der Waals surface area contributed by atoms with Gasteiger partial charge in [-0.3, -0.25) is 0 Å². The van der Waals surface area contributed by atoms with Gasteiger partial charge in [-0.05, 0) is 48.3 Å². The number of terminal acetylenes is 1. The first-order valence-electron chi connectivity index (χ1n) is 8.73. The molecule has 1 saturated heterocycles. The van der Waals surface area contributed by atoms with E-state index >= 15 is 0 Å². The molecule has 0 N–H and O–H groups in total. The number of hydrogen-bond donors (Lipinski definition) is 0. The van der Waals surface area contributed by atoms with E-state index in [9.17, 15) is 0 Å². The Balaban J connectivity index is 2.12. The fourth-order valence-electron chi connectivity index (χ4n) is 3.02. The lowest BCUT2D eigenvalue weighted by Gasteiger charge is -2.47. The van der Waals surface area contributed by atoms with Crippen LogP contribution in [0.5, 0.6) is 5.75 Å². The van der Waals surface area contributed by atoms with Crippen molar-refractivity contribution in [3.8, 4) is 18.1 Å². The van der Waals surface area contributed by atoms with Crippen LogP contribution in [-0.4, -0.2) is 33.2 Å². The smallest absolute Gasteiger partial charge is 0.468 e. The highest BCUT2D eigenvalue weighted by molar-refractivity contribution is 6.65. The molecule has 0 spiro atoms. The molecule has 1 fully saturated rings. The van der Waals surface area contributed by atoms with Gasteiger partial charge in [0.05, 0.1) is 5.60 Å². The standard InChI is InChI=1S/C21H25BO4/c1-7-15-9-8-10-16-11-17(24-14-23-6)12-18(19(15)16)22-25-13-20(2,3)21(4,5)26-22/h1,8-12H,13-14H2,2-6H3. The molecule has 4 nitrogen and oxygen atoms in total. The third-order valence-electron chi connectivity index (χ3n) is 5.36. The maximum absolute atomic E-state index is 6.36. The fourth-order valence-corrected chi connectivity index (χ4v) is 3.02. The zero-order valence-electron chi connectivity index (χ0n) is 16.1. The maximum atomic E-state index is 6.36. The number of hydrogen-bond acceptors (Lipinski definition) is 4. The number of methoxy groups -OCH3 is 1. The molecule has 0 radical (unpaired) electrons. The molecule has 0 aromatic heterocycles. The molecule has 0 bridgehead atoms. The zero-order chi connectivity index (χ0) is 18.9.